The molecule has 4 N–H and O–H groups in total. The van der Waals surface area contributed by atoms with Crippen molar-refractivity contribution in [3.8, 4) is 5.75 Å². The fourth-order valence-electron chi connectivity index (χ4n) is 2.26. The van der Waals surface area contributed by atoms with Crippen LogP contribution < -0.4 is 16.0 Å². The number of carbonyl (C=O) groups is 3. The minimum atomic E-state index is -0.602. The third-order valence-electron chi connectivity index (χ3n) is 3.58. The summed E-state index contributed by atoms with van der Waals surface area (Å²) < 4.78 is 0. The number of rotatable bonds is 6. The smallest absolute Gasteiger partial charge is 0.276 e. The third kappa shape index (κ3) is 3.41. The van der Waals surface area contributed by atoms with Crippen LogP contribution in [0.3, 0.4) is 0 Å². The molecular formula is C16H16N4O4S2. The van der Waals surface area contributed by atoms with Gasteiger partial charge in [0.2, 0.25) is 0 Å². The van der Waals surface area contributed by atoms with Crippen LogP contribution in [-0.2, 0) is 16.1 Å². The Morgan fingerprint density at radius 3 is 2.62 bits per heavy atom. The zero-order valence-corrected chi connectivity index (χ0v) is 15.6. The lowest BCUT2D eigenvalue weighted by atomic mass is 10.3. The van der Waals surface area contributed by atoms with Crippen molar-refractivity contribution in [2.24, 2.45) is 0 Å². The van der Waals surface area contributed by atoms with Crippen LogP contribution in [-0.4, -0.2) is 41.8 Å². The van der Waals surface area contributed by atoms with E-state index < -0.39 is 11.8 Å². The molecule has 1 aliphatic heterocycles. The van der Waals surface area contributed by atoms with Crippen molar-refractivity contribution < 1.29 is 19.5 Å². The largest absolute Gasteiger partial charge is 0.504 e. The maximum atomic E-state index is 12.1. The standard InChI is InChI=1S/C16H16N4O4S2/c1-20(2)16(24)13-12(21)9(7-26-13)18-11-10(14(22)19-15(11)23)17-6-8-4-3-5-25-8/h3-5,7,21H,6H2,1-2H3,(H3,17,18,19,22,23). The van der Waals surface area contributed by atoms with Gasteiger partial charge in [0.25, 0.3) is 17.7 Å². The summed E-state index contributed by atoms with van der Waals surface area (Å²) in [4.78, 5) is 38.6. The van der Waals surface area contributed by atoms with E-state index in [0.717, 1.165) is 16.2 Å². The van der Waals surface area contributed by atoms with Crippen molar-refractivity contribution in [2.75, 3.05) is 19.4 Å². The van der Waals surface area contributed by atoms with E-state index in [1.807, 2.05) is 17.5 Å². The maximum absolute atomic E-state index is 12.1. The topological polar surface area (TPSA) is 111 Å². The maximum Gasteiger partial charge on any atom is 0.276 e. The number of nitrogens with zero attached hydrogens (tertiary/aromatic N) is 1. The second-order valence-electron chi connectivity index (χ2n) is 5.62. The summed E-state index contributed by atoms with van der Waals surface area (Å²) in [5.41, 5.74) is 0.286. The summed E-state index contributed by atoms with van der Waals surface area (Å²) in [6.07, 6.45) is 0. The van der Waals surface area contributed by atoms with E-state index in [1.54, 1.807) is 14.1 Å². The monoisotopic (exact) mass is 392 g/mol. The molecule has 0 saturated carbocycles. The molecule has 0 atom stereocenters. The molecule has 136 valence electrons. The summed E-state index contributed by atoms with van der Waals surface area (Å²) in [7, 11) is 3.15. The van der Waals surface area contributed by atoms with Gasteiger partial charge in [0.05, 0.1) is 5.69 Å². The van der Waals surface area contributed by atoms with Gasteiger partial charge in [-0.3, -0.25) is 19.7 Å². The first kappa shape index (κ1) is 18.0. The molecule has 0 fully saturated rings. The Bertz CT molecular complexity index is 900. The Balaban J connectivity index is 1.84. The molecule has 0 spiro atoms. The average molecular weight is 392 g/mol. The minimum absolute atomic E-state index is 0.00325. The highest BCUT2D eigenvalue weighted by atomic mass is 32.1. The molecule has 0 bridgehead atoms. The Labute approximate surface area is 157 Å². The SMILES string of the molecule is CN(C)C(=O)c1scc(NC2=C(NCc3cccs3)C(=O)NC2=O)c1O. The van der Waals surface area contributed by atoms with Crippen LogP contribution in [0.25, 0.3) is 0 Å². The highest BCUT2D eigenvalue weighted by Crippen LogP contribution is 2.36. The molecule has 0 saturated heterocycles. The van der Waals surface area contributed by atoms with Crippen LogP contribution in [0.5, 0.6) is 5.75 Å². The van der Waals surface area contributed by atoms with Crippen LogP contribution >= 0.6 is 22.7 Å². The molecule has 3 amide bonds. The number of carbonyl (C=O) groups excluding carboxylic acids is 3. The second kappa shape index (κ2) is 7.18. The lowest BCUT2D eigenvalue weighted by Gasteiger charge is -2.10. The normalized spacial score (nSPS) is 13.8. The summed E-state index contributed by atoms with van der Waals surface area (Å²) in [6, 6.07) is 3.80. The summed E-state index contributed by atoms with van der Waals surface area (Å²) >= 11 is 2.57. The number of nitrogens with one attached hydrogen (secondary N) is 3. The van der Waals surface area contributed by atoms with Gasteiger partial charge in [-0.1, -0.05) is 6.07 Å². The van der Waals surface area contributed by atoms with E-state index in [2.05, 4.69) is 16.0 Å². The molecule has 2 aromatic rings. The quantitative estimate of drug-likeness (QED) is 0.552. The van der Waals surface area contributed by atoms with Crippen molar-refractivity contribution in [3.05, 3.63) is 44.0 Å². The number of amides is 3. The van der Waals surface area contributed by atoms with Crippen molar-refractivity contribution in [3.63, 3.8) is 0 Å². The van der Waals surface area contributed by atoms with E-state index in [-0.39, 0.29) is 33.6 Å². The fourth-order valence-corrected chi connectivity index (χ4v) is 3.82. The van der Waals surface area contributed by atoms with Crippen molar-refractivity contribution >= 4 is 46.1 Å². The third-order valence-corrected chi connectivity index (χ3v) is 5.41. The predicted octanol–water partition coefficient (Wildman–Crippen LogP) is 1.29. The van der Waals surface area contributed by atoms with Crippen LogP contribution in [0.1, 0.15) is 14.5 Å². The molecule has 2 aromatic heterocycles. The Hall–Kier alpha value is -2.85. The molecule has 0 unspecified atom stereocenters. The number of imide groups is 1. The Morgan fingerprint density at radius 1 is 1.23 bits per heavy atom. The Morgan fingerprint density at radius 2 is 1.96 bits per heavy atom. The average Bonchev–Trinajstić information content (AvgIpc) is 3.28. The summed E-state index contributed by atoms with van der Waals surface area (Å²) in [6.45, 7) is 0.388. The molecule has 10 heteroatoms. The molecule has 1 aliphatic rings. The van der Waals surface area contributed by atoms with Crippen LogP contribution in [0.15, 0.2) is 34.3 Å². The summed E-state index contributed by atoms with van der Waals surface area (Å²) in [5, 5.41) is 21.6. The van der Waals surface area contributed by atoms with Gasteiger partial charge >= 0.3 is 0 Å². The molecule has 8 nitrogen and oxygen atoms in total. The predicted molar refractivity (Wildman–Crippen MR) is 99.0 cm³/mol. The summed E-state index contributed by atoms with van der Waals surface area (Å²) in [5.74, 6) is -1.76. The highest BCUT2D eigenvalue weighted by Gasteiger charge is 2.32. The number of aromatic hydroxyl groups is 1. The van der Waals surface area contributed by atoms with E-state index in [0.29, 0.717) is 6.54 Å². The van der Waals surface area contributed by atoms with Gasteiger partial charge in [-0.05, 0) is 11.4 Å². The number of hydrogen-bond donors (Lipinski definition) is 4. The van der Waals surface area contributed by atoms with Gasteiger partial charge in [-0.25, -0.2) is 0 Å². The van der Waals surface area contributed by atoms with Crippen LogP contribution in [0, 0.1) is 0 Å². The minimum Gasteiger partial charge on any atom is -0.504 e. The number of anilines is 1. The molecule has 0 aromatic carbocycles. The highest BCUT2D eigenvalue weighted by molar-refractivity contribution is 7.13. The van der Waals surface area contributed by atoms with Gasteiger partial charge in [0, 0.05) is 30.9 Å². The molecule has 3 heterocycles. The molecule has 0 radical (unpaired) electrons. The van der Waals surface area contributed by atoms with Gasteiger partial charge in [0.1, 0.15) is 16.3 Å². The van der Waals surface area contributed by atoms with Gasteiger partial charge in [-0.2, -0.15) is 0 Å². The van der Waals surface area contributed by atoms with E-state index in [1.165, 1.54) is 21.6 Å². The van der Waals surface area contributed by atoms with Crippen molar-refractivity contribution in [1.29, 1.82) is 0 Å². The molecular weight excluding hydrogens is 376 g/mol. The number of hydrogen-bond acceptors (Lipinski definition) is 8. The van der Waals surface area contributed by atoms with Gasteiger partial charge in [-0.15, -0.1) is 22.7 Å². The van der Waals surface area contributed by atoms with E-state index in [9.17, 15) is 19.5 Å². The van der Waals surface area contributed by atoms with Gasteiger partial charge < -0.3 is 20.6 Å². The van der Waals surface area contributed by atoms with Crippen molar-refractivity contribution in [1.82, 2.24) is 15.5 Å². The van der Waals surface area contributed by atoms with Crippen LogP contribution in [0.4, 0.5) is 5.69 Å². The second-order valence-corrected chi connectivity index (χ2v) is 7.53. The Kier molecular flexibility index (Phi) is 4.96. The first-order chi connectivity index (χ1) is 12.4. The number of thiophene rings is 2. The zero-order valence-electron chi connectivity index (χ0n) is 14.0. The first-order valence-electron chi connectivity index (χ1n) is 7.53. The fraction of sp³-hybridized carbons (Fsp3) is 0.188. The van der Waals surface area contributed by atoms with Gasteiger partial charge in [0.15, 0.2) is 5.75 Å². The first-order valence-corrected chi connectivity index (χ1v) is 9.29. The van der Waals surface area contributed by atoms with E-state index in [4.69, 9.17) is 0 Å². The van der Waals surface area contributed by atoms with E-state index >= 15 is 0 Å². The van der Waals surface area contributed by atoms with Crippen molar-refractivity contribution in [2.45, 2.75) is 6.54 Å². The van der Waals surface area contributed by atoms with Crippen LogP contribution in [0.2, 0.25) is 0 Å². The lowest BCUT2D eigenvalue weighted by Crippen LogP contribution is -2.27. The lowest BCUT2D eigenvalue weighted by molar-refractivity contribution is -0.124. The molecule has 0 aliphatic carbocycles. The molecule has 26 heavy (non-hydrogen) atoms. The molecule has 3 rings (SSSR count). The zero-order chi connectivity index (χ0) is 18.8.